The van der Waals surface area contributed by atoms with E-state index in [1.165, 1.54) is 11.3 Å². The van der Waals surface area contributed by atoms with Crippen molar-refractivity contribution in [3.05, 3.63) is 70.1 Å². The highest BCUT2D eigenvalue weighted by molar-refractivity contribution is 7.09. The Balaban J connectivity index is 1.64. The van der Waals surface area contributed by atoms with Gasteiger partial charge in [0.1, 0.15) is 23.1 Å². The largest absolute Gasteiger partial charge is 0.486 e. The van der Waals surface area contributed by atoms with Gasteiger partial charge in [-0.1, -0.05) is 18.2 Å². The Hall–Kier alpha value is -2.60. The lowest BCUT2D eigenvalue weighted by Crippen LogP contribution is -2.26. The summed E-state index contributed by atoms with van der Waals surface area (Å²) >= 11 is 1.51. The molecular weight excluding hydrogens is 324 g/mol. The molecule has 2 heterocycles. The van der Waals surface area contributed by atoms with E-state index in [4.69, 9.17) is 9.15 Å². The number of thiazole rings is 1. The third-order valence-electron chi connectivity index (χ3n) is 3.47. The van der Waals surface area contributed by atoms with E-state index in [2.05, 4.69) is 10.3 Å². The fourth-order valence-corrected chi connectivity index (χ4v) is 2.93. The first-order valence-electron chi connectivity index (χ1n) is 7.61. The maximum Gasteiger partial charge on any atom is 0.287 e. The van der Waals surface area contributed by atoms with Crippen LogP contribution in [0.3, 0.4) is 0 Å². The van der Waals surface area contributed by atoms with Crippen molar-refractivity contribution >= 4 is 17.2 Å². The summed E-state index contributed by atoms with van der Waals surface area (Å²) in [7, 11) is 0. The number of hydrogen-bond donors (Lipinski definition) is 1. The third kappa shape index (κ3) is 3.83. The van der Waals surface area contributed by atoms with Gasteiger partial charge < -0.3 is 14.5 Å². The summed E-state index contributed by atoms with van der Waals surface area (Å²) < 4.78 is 11.3. The molecular formula is C18H18N2O3S. The number of nitrogens with one attached hydrogen (secondary N) is 1. The van der Waals surface area contributed by atoms with Crippen LogP contribution < -0.4 is 10.1 Å². The first kappa shape index (κ1) is 16.3. The highest BCUT2D eigenvalue weighted by atomic mass is 32.1. The smallest absolute Gasteiger partial charge is 0.287 e. The van der Waals surface area contributed by atoms with Gasteiger partial charge in [0.25, 0.3) is 5.91 Å². The van der Waals surface area contributed by atoms with Crippen LogP contribution in [0.25, 0.3) is 0 Å². The molecule has 1 aromatic carbocycles. The molecule has 124 valence electrons. The lowest BCUT2D eigenvalue weighted by atomic mass is 10.2. The van der Waals surface area contributed by atoms with E-state index in [0.29, 0.717) is 11.5 Å². The van der Waals surface area contributed by atoms with Gasteiger partial charge in [0.15, 0.2) is 5.76 Å². The van der Waals surface area contributed by atoms with Gasteiger partial charge in [0.2, 0.25) is 0 Å². The number of para-hydroxylation sites is 1. The van der Waals surface area contributed by atoms with Gasteiger partial charge in [-0.2, -0.15) is 0 Å². The Morgan fingerprint density at radius 1 is 1.38 bits per heavy atom. The van der Waals surface area contributed by atoms with E-state index in [1.54, 1.807) is 6.20 Å². The standard InChI is InChI=1S/C18H18N2O3S/c1-12-10-15(11-22-14-6-4-3-5-7-14)23-16(12)17(21)20-13(2)18-19-8-9-24-18/h3-10,13H,11H2,1-2H3,(H,20,21)/t13-/m1/s1. The number of carbonyl (C=O) groups excluding carboxylic acids is 1. The fourth-order valence-electron chi connectivity index (χ4n) is 2.29. The van der Waals surface area contributed by atoms with Crippen LogP contribution in [0.15, 0.2) is 52.4 Å². The molecule has 1 N–H and O–H groups in total. The van der Waals surface area contributed by atoms with Crippen molar-refractivity contribution in [1.29, 1.82) is 0 Å². The van der Waals surface area contributed by atoms with Crippen molar-refractivity contribution in [3.63, 3.8) is 0 Å². The van der Waals surface area contributed by atoms with Crippen molar-refractivity contribution in [3.8, 4) is 5.75 Å². The van der Waals surface area contributed by atoms with Gasteiger partial charge >= 0.3 is 0 Å². The molecule has 0 bridgehead atoms. The number of aromatic nitrogens is 1. The second kappa shape index (κ2) is 7.31. The number of hydrogen-bond acceptors (Lipinski definition) is 5. The van der Waals surface area contributed by atoms with Crippen LogP contribution in [-0.2, 0) is 6.61 Å². The van der Waals surface area contributed by atoms with Gasteiger partial charge in [0.05, 0.1) is 6.04 Å². The Labute approximate surface area is 144 Å². The van der Waals surface area contributed by atoms with E-state index < -0.39 is 0 Å². The van der Waals surface area contributed by atoms with Crippen molar-refractivity contribution in [2.24, 2.45) is 0 Å². The average Bonchev–Trinajstić information content (AvgIpc) is 3.23. The number of rotatable bonds is 6. The molecule has 6 heteroatoms. The first-order chi connectivity index (χ1) is 11.6. The molecule has 3 rings (SSSR count). The molecule has 0 fully saturated rings. The quantitative estimate of drug-likeness (QED) is 0.732. The number of aryl methyl sites for hydroxylation is 1. The highest BCUT2D eigenvalue weighted by Gasteiger charge is 2.19. The van der Waals surface area contributed by atoms with Crippen molar-refractivity contribution in [2.45, 2.75) is 26.5 Å². The van der Waals surface area contributed by atoms with Crippen molar-refractivity contribution in [1.82, 2.24) is 10.3 Å². The van der Waals surface area contributed by atoms with Gasteiger partial charge in [-0.3, -0.25) is 4.79 Å². The van der Waals surface area contributed by atoms with Gasteiger partial charge in [-0.15, -0.1) is 11.3 Å². The Kier molecular flexibility index (Phi) is 4.96. The summed E-state index contributed by atoms with van der Waals surface area (Å²) in [6.07, 6.45) is 1.72. The highest BCUT2D eigenvalue weighted by Crippen LogP contribution is 2.20. The Morgan fingerprint density at radius 3 is 2.88 bits per heavy atom. The minimum atomic E-state index is -0.249. The molecule has 0 saturated heterocycles. The van der Waals surface area contributed by atoms with Crippen molar-refractivity contribution in [2.75, 3.05) is 0 Å². The number of ether oxygens (including phenoxy) is 1. The summed E-state index contributed by atoms with van der Waals surface area (Å²) in [5, 5.41) is 5.65. The molecule has 0 aliphatic rings. The van der Waals surface area contributed by atoms with E-state index in [-0.39, 0.29) is 18.6 Å². The molecule has 5 nitrogen and oxygen atoms in total. The molecule has 0 aliphatic heterocycles. The second-order valence-electron chi connectivity index (χ2n) is 5.39. The fraction of sp³-hybridized carbons (Fsp3) is 0.222. The predicted molar refractivity (Wildman–Crippen MR) is 92.2 cm³/mol. The first-order valence-corrected chi connectivity index (χ1v) is 8.49. The van der Waals surface area contributed by atoms with E-state index in [1.807, 2.05) is 55.6 Å². The summed E-state index contributed by atoms with van der Waals surface area (Å²) in [6.45, 7) is 4.02. The monoisotopic (exact) mass is 342 g/mol. The maximum atomic E-state index is 12.4. The molecule has 24 heavy (non-hydrogen) atoms. The van der Waals surface area contributed by atoms with Crippen LogP contribution in [0.4, 0.5) is 0 Å². The Morgan fingerprint density at radius 2 is 2.17 bits per heavy atom. The SMILES string of the molecule is Cc1cc(COc2ccccc2)oc1C(=O)N[C@H](C)c1nccs1. The molecule has 3 aromatic rings. The van der Waals surface area contributed by atoms with Crippen LogP contribution in [0.5, 0.6) is 5.75 Å². The minimum absolute atomic E-state index is 0.161. The lowest BCUT2D eigenvalue weighted by Gasteiger charge is -2.10. The minimum Gasteiger partial charge on any atom is -0.486 e. The van der Waals surface area contributed by atoms with Gasteiger partial charge in [-0.25, -0.2) is 4.98 Å². The van der Waals surface area contributed by atoms with E-state index >= 15 is 0 Å². The summed E-state index contributed by atoms with van der Waals surface area (Å²) in [6, 6.07) is 11.1. The molecule has 0 radical (unpaired) electrons. The zero-order valence-corrected chi connectivity index (χ0v) is 14.3. The second-order valence-corrected chi connectivity index (χ2v) is 6.32. The number of benzene rings is 1. The van der Waals surface area contributed by atoms with E-state index in [9.17, 15) is 4.79 Å². The van der Waals surface area contributed by atoms with Crippen molar-refractivity contribution < 1.29 is 13.9 Å². The molecule has 0 aliphatic carbocycles. The topological polar surface area (TPSA) is 64.4 Å². The van der Waals surface area contributed by atoms with Crippen LogP contribution in [-0.4, -0.2) is 10.9 Å². The number of nitrogens with zero attached hydrogens (tertiary/aromatic N) is 1. The number of carbonyl (C=O) groups is 1. The summed E-state index contributed by atoms with van der Waals surface area (Å²) in [5.41, 5.74) is 0.783. The molecule has 1 atom stereocenters. The van der Waals surface area contributed by atoms with Crippen LogP contribution in [0.2, 0.25) is 0 Å². The van der Waals surface area contributed by atoms with Gasteiger partial charge in [-0.05, 0) is 32.0 Å². The summed E-state index contributed by atoms with van der Waals surface area (Å²) in [4.78, 5) is 16.6. The van der Waals surface area contributed by atoms with Crippen LogP contribution >= 0.6 is 11.3 Å². The predicted octanol–water partition coefficient (Wildman–Crippen LogP) is 4.11. The Bertz CT molecular complexity index is 797. The van der Waals surface area contributed by atoms with Gasteiger partial charge in [0, 0.05) is 17.1 Å². The number of furan rings is 1. The summed E-state index contributed by atoms with van der Waals surface area (Å²) in [5.74, 6) is 1.43. The zero-order chi connectivity index (χ0) is 16.9. The zero-order valence-electron chi connectivity index (χ0n) is 13.5. The third-order valence-corrected chi connectivity index (χ3v) is 4.43. The molecule has 2 aromatic heterocycles. The average molecular weight is 342 g/mol. The number of amides is 1. The van der Waals surface area contributed by atoms with Crippen LogP contribution in [0.1, 0.15) is 39.9 Å². The molecule has 0 saturated carbocycles. The maximum absolute atomic E-state index is 12.4. The van der Waals surface area contributed by atoms with E-state index in [0.717, 1.165) is 16.3 Å². The molecule has 1 amide bonds. The molecule has 0 spiro atoms. The molecule has 0 unspecified atom stereocenters. The normalized spacial score (nSPS) is 11.9. The van der Waals surface area contributed by atoms with Crippen LogP contribution in [0, 0.1) is 6.92 Å². The lowest BCUT2D eigenvalue weighted by molar-refractivity contribution is 0.0907.